The van der Waals surface area contributed by atoms with Crippen molar-refractivity contribution in [3.05, 3.63) is 50.7 Å². The third-order valence-corrected chi connectivity index (χ3v) is 4.18. The Labute approximate surface area is 139 Å². The van der Waals surface area contributed by atoms with Crippen molar-refractivity contribution in [2.45, 2.75) is 39.8 Å². The number of aryl methyl sites for hydroxylation is 1. The van der Waals surface area contributed by atoms with E-state index < -0.39 is 0 Å². The lowest BCUT2D eigenvalue weighted by molar-refractivity contribution is 0.475. The molecule has 2 rings (SSSR count). The second kappa shape index (κ2) is 6.95. The zero-order valence-electron chi connectivity index (χ0n) is 12.8. The van der Waals surface area contributed by atoms with Crippen molar-refractivity contribution < 1.29 is 0 Å². The fourth-order valence-corrected chi connectivity index (χ4v) is 3.34. The van der Waals surface area contributed by atoms with Crippen LogP contribution in [0.5, 0.6) is 0 Å². The molecule has 0 spiro atoms. The van der Waals surface area contributed by atoms with Crippen molar-refractivity contribution in [2.75, 3.05) is 6.54 Å². The lowest BCUT2D eigenvalue weighted by Crippen LogP contribution is -2.26. The molecule has 1 unspecified atom stereocenters. The standard InChI is InChI=1S/C16H21BrClN3/c1-5-19-15(12-6-11(4)7-13(18)8-12)16-14(17)9-20-21(16)10(2)3/h6-10,15,19H,5H2,1-4H3. The van der Waals surface area contributed by atoms with Gasteiger partial charge in [0.1, 0.15) is 0 Å². The van der Waals surface area contributed by atoms with Gasteiger partial charge in [-0.15, -0.1) is 0 Å². The molecule has 0 fully saturated rings. The van der Waals surface area contributed by atoms with Crippen molar-refractivity contribution in [3.63, 3.8) is 0 Å². The molecule has 1 heterocycles. The molecular formula is C16H21BrClN3. The van der Waals surface area contributed by atoms with Gasteiger partial charge in [-0.25, -0.2) is 0 Å². The molecule has 21 heavy (non-hydrogen) atoms. The Morgan fingerprint density at radius 2 is 2.05 bits per heavy atom. The number of nitrogens with zero attached hydrogens (tertiary/aromatic N) is 2. The largest absolute Gasteiger partial charge is 0.305 e. The van der Waals surface area contributed by atoms with Crippen LogP contribution in [0.1, 0.15) is 49.7 Å². The fraction of sp³-hybridized carbons (Fsp3) is 0.438. The van der Waals surface area contributed by atoms with E-state index in [1.807, 2.05) is 23.0 Å². The predicted molar refractivity (Wildman–Crippen MR) is 92.0 cm³/mol. The molecule has 2 aromatic rings. The van der Waals surface area contributed by atoms with E-state index in [2.05, 4.69) is 60.1 Å². The highest BCUT2D eigenvalue weighted by Gasteiger charge is 2.22. The summed E-state index contributed by atoms with van der Waals surface area (Å²) in [5.41, 5.74) is 3.45. The van der Waals surface area contributed by atoms with E-state index in [1.165, 1.54) is 0 Å². The summed E-state index contributed by atoms with van der Waals surface area (Å²) in [5, 5.41) is 8.79. The van der Waals surface area contributed by atoms with Gasteiger partial charge in [0.15, 0.2) is 0 Å². The number of nitrogens with one attached hydrogen (secondary N) is 1. The van der Waals surface area contributed by atoms with Crippen LogP contribution in [0.15, 0.2) is 28.9 Å². The Hall–Kier alpha value is -0.840. The van der Waals surface area contributed by atoms with Crippen LogP contribution >= 0.6 is 27.5 Å². The van der Waals surface area contributed by atoms with Crippen molar-refractivity contribution >= 4 is 27.5 Å². The third-order valence-electron chi connectivity index (χ3n) is 3.36. The Bertz CT molecular complexity index is 602. The van der Waals surface area contributed by atoms with Gasteiger partial charge in [0.25, 0.3) is 0 Å². The number of halogens is 2. The van der Waals surface area contributed by atoms with Crippen LogP contribution in [-0.4, -0.2) is 16.3 Å². The average Bonchev–Trinajstić information content (AvgIpc) is 2.76. The first-order valence-corrected chi connectivity index (χ1v) is 8.34. The highest BCUT2D eigenvalue weighted by Crippen LogP contribution is 2.32. The number of aromatic nitrogens is 2. The highest BCUT2D eigenvalue weighted by molar-refractivity contribution is 9.10. The predicted octanol–water partition coefficient (Wildman–Crippen LogP) is 4.89. The Morgan fingerprint density at radius 3 is 2.62 bits per heavy atom. The van der Waals surface area contributed by atoms with Crippen LogP contribution in [0.2, 0.25) is 5.02 Å². The Balaban J connectivity index is 2.56. The van der Waals surface area contributed by atoms with E-state index >= 15 is 0 Å². The van der Waals surface area contributed by atoms with E-state index in [4.69, 9.17) is 11.6 Å². The summed E-state index contributed by atoms with van der Waals surface area (Å²) in [5.74, 6) is 0. The number of rotatable bonds is 5. The summed E-state index contributed by atoms with van der Waals surface area (Å²) < 4.78 is 3.06. The lowest BCUT2D eigenvalue weighted by Gasteiger charge is -2.23. The summed E-state index contributed by atoms with van der Waals surface area (Å²) in [6, 6.07) is 6.53. The van der Waals surface area contributed by atoms with E-state index in [0.29, 0.717) is 6.04 Å². The molecule has 114 valence electrons. The van der Waals surface area contributed by atoms with Gasteiger partial charge in [-0.2, -0.15) is 5.10 Å². The summed E-state index contributed by atoms with van der Waals surface area (Å²) in [6.07, 6.45) is 1.86. The maximum Gasteiger partial charge on any atom is 0.0760 e. The maximum atomic E-state index is 6.24. The molecule has 1 aromatic heterocycles. The van der Waals surface area contributed by atoms with E-state index in [0.717, 1.165) is 32.9 Å². The van der Waals surface area contributed by atoms with Crippen molar-refractivity contribution in [1.29, 1.82) is 0 Å². The van der Waals surface area contributed by atoms with Crippen LogP contribution < -0.4 is 5.32 Å². The molecular weight excluding hydrogens is 350 g/mol. The zero-order chi connectivity index (χ0) is 15.6. The molecule has 0 radical (unpaired) electrons. The van der Waals surface area contributed by atoms with Crippen LogP contribution in [0, 0.1) is 6.92 Å². The molecule has 0 aliphatic rings. The first-order valence-electron chi connectivity index (χ1n) is 7.17. The number of hydrogen-bond donors (Lipinski definition) is 1. The van der Waals surface area contributed by atoms with Gasteiger partial charge in [-0.3, -0.25) is 4.68 Å². The molecule has 0 aliphatic heterocycles. The fourth-order valence-electron chi connectivity index (χ4n) is 2.54. The number of hydrogen-bond acceptors (Lipinski definition) is 2. The monoisotopic (exact) mass is 369 g/mol. The summed E-state index contributed by atoms with van der Waals surface area (Å²) in [7, 11) is 0. The van der Waals surface area contributed by atoms with Gasteiger partial charge in [0.05, 0.1) is 22.4 Å². The second-order valence-corrected chi connectivity index (χ2v) is 6.76. The van der Waals surface area contributed by atoms with Gasteiger partial charge in [0.2, 0.25) is 0 Å². The van der Waals surface area contributed by atoms with E-state index in [1.54, 1.807) is 0 Å². The molecule has 5 heteroatoms. The molecule has 1 atom stereocenters. The molecule has 0 saturated heterocycles. The van der Waals surface area contributed by atoms with Gasteiger partial charge in [-0.1, -0.05) is 24.6 Å². The van der Waals surface area contributed by atoms with Crippen LogP contribution in [0.25, 0.3) is 0 Å². The van der Waals surface area contributed by atoms with Crippen molar-refractivity contribution in [1.82, 2.24) is 15.1 Å². The van der Waals surface area contributed by atoms with E-state index in [-0.39, 0.29) is 6.04 Å². The summed E-state index contributed by atoms with van der Waals surface area (Å²) in [6.45, 7) is 9.30. The van der Waals surface area contributed by atoms with Crippen LogP contribution in [0.3, 0.4) is 0 Å². The zero-order valence-corrected chi connectivity index (χ0v) is 15.2. The molecule has 3 nitrogen and oxygen atoms in total. The topological polar surface area (TPSA) is 29.9 Å². The Morgan fingerprint density at radius 1 is 1.33 bits per heavy atom. The van der Waals surface area contributed by atoms with Gasteiger partial charge >= 0.3 is 0 Å². The average molecular weight is 371 g/mol. The van der Waals surface area contributed by atoms with E-state index in [9.17, 15) is 0 Å². The quantitative estimate of drug-likeness (QED) is 0.812. The minimum absolute atomic E-state index is 0.0617. The smallest absolute Gasteiger partial charge is 0.0760 e. The number of benzene rings is 1. The molecule has 1 aromatic carbocycles. The molecule has 0 bridgehead atoms. The summed E-state index contributed by atoms with van der Waals surface area (Å²) >= 11 is 9.87. The van der Waals surface area contributed by atoms with Crippen molar-refractivity contribution in [3.8, 4) is 0 Å². The molecule has 0 amide bonds. The van der Waals surface area contributed by atoms with Gasteiger partial charge in [-0.05, 0) is 66.5 Å². The maximum absolute atomic E-state index is 6.24. The lowest BCUT2D eigenvalue weighted by atomic mass is 10.0. The second-order valence-electron chi connectivity index (χ2n) is 5.47. The normalized spacial score (nSPS) is 12.9. The van der Waals surface area contributed by atoms with Crippen molar-refractivity contribution in [2.24, 2.45) is 0 Å². The summed E-state index contributed by atoms with van der Waals surface area (Å²) in [4.78, 5) is 0. The minimum Gasteiger partial charge on any atom is -0.305 e. The van der Waals surface area contributed by atoms with Crippen LogP contribution in [0.4, 0.5) is 0 Å². The Kier molecular flexibility index (Phi) is 5.47. The molecule has 1 N–H and O–H groups in total. The highest BCUT2D eigenvalue weighted by atomic mass is 79.9. The first kappa shape index (κ1) is 16.5. The molecule has 0 aliphatic carbocycles. The van der Waals surface area contributed by atoms with Gasteiger partial charge < -0.3 is 5.32 Å². The van der Waals surface area contributed by atoms with Gasteiger partial charge in [0, 0.05) is 11.1 Å². The third kappa shape index (κ3) is 3.68. The SMILES string of the molecule is CCNC(c1cc(C)cc(Cl)c1)c1c(Br)cnn1C(C)C. The molecule has 0 saturated carbocycles. The van der Waals surface area contributed by atoms with Crippen LogP contribution in [-0.2, 0) is 0 Å². The first-order chi connectivity index (χ1) is 9.93. The minimum atomic E-state index is 0.0617.